The van der Waals surface area contributed by atoms with Gasteiger partial charge < -0.3 is 0 Å². The molecule has 1 aromatic heterocycles. The Hall–Kier alpha value is -2.81. The third-order valence-corrected chi connectivity index (χ3v) is 11.2. The summed E-state index contributed by atoms with van der Waals surface area (Å²) in [6, 6.07) is 23.1. The molecular formula is C31H33N2O4S2Se+. The van der Waals surface area contributed by atoms with Gasteiger partial charge >= 0.3 is 247 Å². The molecule has 3 aromatic carbocycles. The number of nitrogens with zero attached hydrogens (tertiary/aromatic N) is 2. The van der Waals surface area contributed by atoms with E-state index in [1.807, 2.05) is 24.3 Å². The second-order valence-electron chi connectivity index (χ2n) is 9.52. The number of benzene rings is 3. The Morgan fingerprint density at radius 3 is 2.58 bits per heavy atom. The molecule has 2 heterocycles. The molecule has 0 unspecified atom stereocenters. The quantitative estimate of drug-likeness (QED) is 0.123. The van der Waals surface area contributed by atoms with Gasteiger partial charge in [-0.3, -0.25) is 0 Å². The van der Waals surface area contributed by atoms with Gasteiger partial charge in [0.25, 0.3) is 0 Å². The summed E-state index contributed by atoms with van der Waals surface area (Å²) in [7, 11) is -2.33. The van der Waals surface area contributed by atoms with Crippen LogP contribution in [0.5, 0.6) is 5.75 Å². The fourth-order valence-electron chi connectivity index (χ4n) is 4.86. The van der Waals surface area contributed by atoms with Crippen LogP contribution in [0.4, 0.5) is 5.69 Å². The van der Waals surface area contributed by atoms with Crippen molar-refractivity contribution in [3.05, 3.63) is 88.0 Å². The zero-order valence-corrected chi connectivity index (χ0v) is 26.2. The summed E-state index contributed by atoms with van der Waals surface area (Å²) in [5.74, 6) is 0.595. The molecule has 0 bridgehead atoms. The number of ether oxygens (including phenoxy) is 1. The first-order valence-electron chi connectivity index (χ1n) is 13.3. The van der Waals surface area contributed by atoms with Crippen LogP contribution in [0.25, 0.3) is 27.0 Å². The fraction of sp³-hybridized carbons (Fsp3) is 0.258. The zero-order valence-electron chi connectivity index (χ0n) is 22.8. The molecule has 208 valence electrons. The molecule has 0 radical (unpaired) electrons. The molecule has 4 aromatic rings. The summed E-state index contributed by atoms with van der Waals surface area (Å²) >= 11 is 1.85. The number of hydrogen-bond acceptors (Lipinski definition) is 5. The van der Waals surface area contributed by atoms with Gasteiger partial charge in [-0.15, -0.1) is 0 Å². The van der Waals surface area contributed by atoms with Crippen LogP contribution in [0.2, 0.25) is 0 Å². The molecule has 1 N–H and O–H groups in total. The Morgan fingerprint density at radius 1 is 1.07 bits per heavy atom. The average Bonchev–Trinajstić information content (AvgIpc) is 3.48. The van der Waals surface area contributed by atoms with Crippen molar-refractivity contribution >= 4 is 57.9 Å². The molecule has 1 aliphatic heterocycles. The number of aromatic nitrogens is 1. The number of methoxy groups -OCH3 is 1. The summed E-state index contributed by atoms with van der Waals surface area (Å²) in [4.78, 5) is 3.54. The fourth-order valence-corrected chi connectivity index (χ4v) is 8.94. The first kappa shape index (κ1) is 28.7. The van der Waals surface area contributed by atoms with E-state index >= 15 is 0 Å². The van der Waals surface area contributed by atoms with Crippen molar-refractivity contribution in [3.8, 4) is 16.9 Å². The molecule has 40 heavy (non-hydrogen) atoms. The molecule has 0 saturated carbocycles. The minimum absolute atomic E-state index is 0.0746. The van der Waals surface area contributed by atoms with Gasteiger partial charge in [0, 0.05) is 0 Å². The van der Waals surface area contributed by atoms with Crippen LogP contribution in [0, 0.1) is 0 Å². The molecular weight excluding hydrogens is 607 g/mol. The molecule has 0 fully saturated rings. The molecule has 9 heteroatoms. The van der Waals surface area contributed by atoms with Crippen LogP contribution in [-0.2, 0) is 16.7 Å². The van der Waals surface area contributed by atoms with Crippen LogP contribution in [0.3, 0.4) is 0 Å². The number of hydrogen-bond donors (Lipinski definition) is 1. The predicted octanol–water partition coefficient (Wildman–Crippen LogP) is 6.40. The molecule has 0 atom stereocenters. The van der Waals surface area contributed by atoms with Crippen molar-refractivity contribution in [2.45, 2.75) is 38.1 Å². The molecule has 0 saturated heterocycles. The second kappa shape index (κ2) is 12.4. The van der Waals surface area contributed by atoms with E-state index in [0.29, 0.717) is 13.0 Å². The summed E-state index contributed by atoms with van der Waals surface area (Å²) in [6.07, 6.45) is 5.77. The summed E-state index contributed by atoms with van der Waals surface area (Å²) in [6.45, 7) is 5.70. The number of fused-ring (bicyclic) bond motifs is 2. The first-order chi connectivity index (χ1) is 19.3. The second-order valence-corrected chi connectivity index (χ2v) is 14.4. The van der Waals surface area contributed by atoms with Gasteiger partial charge in [-0.05, 0) is 0 Å². The summed E-state index contributed by atoms with van der Waals surface area (Å²) in [5, 5.41) is 1.19. The number of anilines is 1. The van der Waals surface area contributed by atoms with Crippen molar-refractivity contribution in [1.82, 2.24) is 0 Å². The Balaban J connectivity index is 1.55. The maximum absolute atomic E-state index is 11.5. The van der Waals surface area contributed by atoms with Gasteiger partial charge in [-0.2, -0.15) is 0 Å². The first-order valence-corrected chi connectivity index (χ1v) is 17.5. The van der Waals surface area contributed by atoms with E-state index in [4.69, 9.17) is 4.74 Å². The maximum atomic E-state index is 11.5. The SMILES string of the molecule is CCC(=C/c1[se]c2ccc(-c3ccccc3)cc2[n+]1CCCS(=O)(=O)O)/C=C1/Sc2ccc(OC)cc2N1CC. The number of thioether (sulfide) groups is 1. The third kappa shape index (κ3) is 6.40. The number of rotatable bonds is 10. The predicted molar refractivity (Wildman–Crippen MR) is 166 cm³/mol. The van der Waals surface area contributed by atoms with E-state index in [2.05, 4.69) is 77.9 Å². The van der Waals surface area contributed by atoms with Gasteiger partial charge in [-0.25, -0.2) is 0 Å². The van der Waals surface area contributed by atoms with Gasteiger partial charge in [0.15, 0.2) is 0 Å². The monoisotopic (exact) mass is 641 g/mol. The average molecular weight is 641 g/mol. The van der Waals surface area contributed by atoms with Crippen molar-refractivity contribution in [3.63, 3.8) is 0 Å². The Kier molecular flexibility index (Phi) is 8.88. The standard InChI is InChI=1S/C31H32N2O4S2Se/c1-4-22(18-30-32(5-2)26-21-25(37-3)13-14-28(26)38-30)19-31-33(16-9-17-39(34,35)36)27-20-24(12-15-29(27)40-31)23-10-7-6-8-11-23/h6-8,10-15,18-21H,4-5,9,16-17H2,1-3H3/p+1. The van der Waals surface area contributed by atoms with E-state index in [-0.39, 0.29) is 20.3 Å². The minimum atomic E-state index is -4.02. The van der Waals surface area contributed by atoms with E-state index < -0.39 is 10.1 Å². The van der Waals surface area contributed by atoms with Crippen LogP contribution >= 0.6 is 11.8 Å². The van der Waals surface area contributed by atoms with E-state index in [1.165, 1.54) is 30.0 Å². The molecule has 0 spiro atoms. The topological polar surface area (TPSA) is 70.7 Å². The van der Waals surface area contributed by atoms with Crippen molar-refractivity contribution in [2.75, 3.05) is 24.3 Å². The molecule has 5 rings (SSSR count). The Labute approximate surface area is 246 Å². The molecule has 0 amide bonds. The zero-order chi connectivity index (χ0) is 28.3. The van der Waals surface area contributed by atoms with Gasteiger partial charge in [0.1, 0.15) is 0 Å². The summed E-state index contributed by atoms with van der Waals surface area (Å²) < 4.78 is 42.5. The Morgan fingerprint density at radius 2 is 1.88 bits per heavy atom. The van der Waals surface area contributed by atoms with Crippen LogP contribution in [0.15, 0.2) is 88.3 Å². The summed E-state index contributed by atoms with van der Waals surface area (Å²) in [5.41, 5.74) is 5.78. The van der Waals surface area contributed by atoms with Crippen LogP contribution in [0.1, 0.15) is 31.3 Å². The normalized spacial score (nSPS) is 14.8. The number of aryl methyl sites for hydroxylation is 1. The number of allylic oxidation sites excluding steroid dienone is 2. The molecule has 0 aliphatic carbocycles. The Bertz CT molecular complexity index is 1700. The van der Waals surface area contributed by atoms with Crippen LogP contribution in [-0.4, -0.2) is 46.9 Å². The molecule has 1 aliphatic rings. The van der Waals surface area contributed by atoms with Crippen molar-refractivity contribution < 1.29 is 22.3 Å². The van der Waals surface area contributed by atoms with E-state index in [0.717, 1.165) is 35.4 Å². The van der Waals surface area contributed by atoms with Gasteiger partial charge in [-0.1, -0.05) is 0 Å². The third-order valence-electron chi connectivity index (χ3n) is 6.90. The van der Waals surface area contributed by atoms with Crippen molar-refractivity contribution in [1.29, 1.82) is 0 Å². The molecule has 6 nitrogen and oxygen atoms in total. The van der Waals surface area contributed by atoms with Gasteiger partial charge in [0.2, 0.25) is 0 Å². The van der Waals surface area contributed by atoms with Crippen LogP contribution < -0.4 is 14.2 Å². The van der Waals surface area contributed by atoms with E-state index in [1.54, 1.807) is 18.9 Å². The van der Waals surface area contributed by atoms with E-state index in [9.17, 15) is 13.0 Å². The van der Waals surface area contributed by atoms with Gasteiger partial charge in [0.05, 0.1) is 0 Å². The van der Waals surface area contributed by atoms with Crippen molar-refractivity contribution in [2.24, 2.45) is 0 Å².